The minimum Gasteiger partial charge on any atom is -0.385 e. The zero-order chi connectivity index (χ0) is 9.97. The van der Waals surface area contributed by atoms with Crippen molar-refractivity contribution >= 4 is 23.5 Å². The van der Waals surface area contributed by atoms with Gasteiger partial charge in [-0.1, -0.05) is 0 Å². The lowest BCUT2D eigenvalue weighted by Crippen LogP contribution is -2.22. The number of aliphatic hydroxyl groups is 1. The predicted octanol–water partition coefficient (Wildman–Crippen LogP) is 0.697. The summed E-state index contributed by atoms with van der Waals surface area (Å²) in [5.74, 6) is 3.31. The summed E-state index contributed by atoms with van der Waals surface area (Å²) >= 11 is 3.72. The molecule has 2 atom stereocenters. The van der Waals surface area contributed by atoms with Crippen LogP contribution in [0.1, 0.15) is 11.8 Å². The van der Waals surface area contributed by atoms with Gasteiger partial charge in [-0.3, -0.25) is 0 Å². The van der Waals surface area contributed by atoms with E-state index in [1.165, 1.54) is 10.5 Å². The molecule has 0 radical (unpaired) electrons. The Morgan fingerprint density at radius 2 is 2.50 bits per heavy atom. The van der Waals surface area contributed by atoms with Crippen LogP contribution in [0.5, 0.6) is 0 Å². The van der Waals surface area contributed by atoms with E-state index in [4.69, 9.17) is 0 Å². The van der Waals surface area contributed by atoms with E-state index in [1.807, 2.05) is 23.5 Å². The van der Waals surface area contributed by atoms with Gasteiger partial charge in [0, 0.05) is 29.6 Å². The summed E-state index contributed by atoms with van der Waals surface area (Å²) in [4.78, 5) is 1.49. The number of aryl methyl sites for hydroxylation is 1. The molecule has 2 rings (SSSR count). The fourth-order valence-electron chi connectivity index (χ4n) is 1.38. The molecule has 0 aliphatic carbocycles. The molecule has 0 aromatic carbocycles. The Morgan fingerprint density at radius 1 is 1.64 bits per heavy atom. The summed E-state index contributed by atoms with van der Waals surface area (Å²) in [5.41, 5.74) is 0.688. The van der Waals surface area contributed by atoms with Gasteiger partial charge in [0.25, 0.3) is 0 Å². The molecule has 2 unspecified atom stereocenters. The van der Waals surface area contributed by atoms with Crippen molar-refractivity contribution in [3.63, 3.8) is 0 Å². The van der Waals surface area contributed by atoms with E-state index in [1.54, 1.807) is 13.2 Å². The highest BCUT2D eigenvalue weighted by molar-refractivity contribution is 8.06. The highest BCUT2D eigenvalue weighted by atomic mass is 32.2. The first-order valence-electron chi connectivity index (χ1n) is 4.51. The molecule has 1 saturated heterocycles. The van der Waals surface area contributed by atoms with E-state index in [9.17, 15) is 5.11 Å². The fraction of sp³-hybridized carbons (Fsp3) is 0.750. The Hall–Kier alpha value is -0.200. The van der Waals surface area contributed by atoms with E-state index < -0.39 is 6.10 Å². The first-order chi connectivity index (χ1) is 6.77. The van der Waals surface area contributed by atoms with Gasteiger partial charge >= 0.3 is 0 Å². The minimum absolute atomic E-state index is 0.269. The van der Waals surface area contributed by atoms with Crippen LogP contribution in [0.2, 0.25) is 0 Å². The molecule has 1 N–H and O–H groups in total. The van der Waals surface area contributed by atoms with Crippen molar-refractivity contribution in [3.8, 4) is 0 Å². The van der Waals surface area contributed by atoms with Gasteiger partial charge in [0.2, 0.25) is 0 Å². The van der Waals surface area contributed by atoms with Crippen LogP contribution in [-0.4, -0.2) is 42.6 Å². The minimum atomic E-state index is -0.471. The lowest BCUT2D eigenvalue weighted by atomic mass is 10.2. The fourth-order valence-corrected chi connectivity index (χ4v) is 4.11. The van der Waals surface area contributed by atoms with E-state index >= 15 is 0 Å². The quantitative estimate of drug-likeness (QED) is 0.812. The topological polar surface area (TPSA) is 50.9 Å². The van der Waals surface area contributed by atoms with Crippen molar-refractivity contribution in [3.05, 3.63) is 11.9 Å². The second kappa shape index (κ2) is 4.55. The highest BCUT2D eigenvalue weighted by Gasteiger charge is 2.25. The van der Waals surface area contributed by atoms with Gasteiger partial charge in [0.15, 0.2) is 0 Å². The van der Waals surface area contributed by atoms with Crippen LogP contribution < -0.4 is 0 Å². The van der Waals surface area contributed by atoms with Crippen LogP contribution in [-0.2, 0) is 7.05 Å². The van der Waals surface area contributed by atoms with Crippen molar-refractivity contribution in [2.45, 2.75) is 11.4 Å². The van der Waals surface area contributed by atoms with Crippen LogP contribution >= 0.6 is 23.5 Å². The zero-order valence-corrected chi connectivity index (χ0v) is 9.59. The van der Waals surface area contributed by atoms with Gasteiger partial charge < -0.3 is 5.11 Å². The molecule has 0 amide bonds. The third-order valence-electron chi connectivity index (χ3n) is 2.11. The summed E-state index contributed by atoms with van der Waals surface area (Å²) in [5, 5.41) is 18.4. The predicted molar refractivity (Wildman–Crippen MR) is 59.5 cm³/mol. The molecule has 1 aromatic heterocycles. The van der Waals surface area contributed by atoms with Crippen LogP contribution in [0.4, 0.5) is 0 Å². The summed E-state index contributed by atoms with van der Waals surface area (Å²) in [6.07, 6.45) is 1.17. The van der Waals surface area contributed by atoms with Gasteiger partial charge in [0.05, 0.1) is 6.20 Å². The average Bonchev–Trinajstić information content (AvgIpc) is 2.65. The van der Waals surface area contributed by atoms with Crippen LogP contribution in [0.15, 0.2) is 6.20 Å². The van der Waals surface area contributed by atoms with Crippen LogP contribution in [0.25, 0.3) is 0 Å². The Balaban J connectivity index is 2.03. The van der Waals surface area contributed by atoms with Crippen LogP contribution in [0.3, 0.4) is 0 Å². The molecule has 78 valence electrons. The number of aromatic nitrogens is 3. The summed E-state index contributed by atoms with van der Waals surface area (Å²) < 4.78 is 0. The van der Waals surface area contributed by atoms with Crippen molar-refractivity contribution in [2.75, 3.05) is 17.3 Å². The van der Waals surface area contributed by atoms with E-state index in [-0.39, 0.29) is 5.25 Å². The number of hydrogen-bond acceptors (Lipinski definition) is 5. The molecule has 4 nitrogen and oxygen atoms in total. The molecule has 2 heterocycles. The normalized spacial score (nSPS) is 24.9. The van der Waals surface area contributed by atoms with Gasteiger partial charge in [-0.2, -0.15) is 38.5 Å². The number of nitrogens with zero attached hydrogens (tertiary/aromatic N) is 3. The summed E-state index contributed by atoms with van der Waals surface area (Å²) in [6.45, 7) is 0. The maximum atomic E-state index is 10.0. The SMILES string of the molecule is Cn1ncc(C(O)C2CSCCS2)n1. The van der Waals surface area contributed by atoms with Crippen molar-refractivity contribution in [2.24, 2.45) is 7.05 Å². The largest absolute Gasteiger partial charge is 0.385 e. The van der Waals surface area contributed by atoms with Crippen molar-refractivity contribution in [1.29, 1.82) is 0 Å². The maximum absolute atomic E-state index is 10.0. The molecule has 0 spiro atoms. The maximum Gasteiger partial charge on any atom is 0.112 e. The third-order valence-corrected chi connectivity index (χ3v) is 4.96. The van der Waals surface area contributed by atoms with E-state index in [0.717, 1.165) is 11.5 Å². The van der Waals surface area contributed by atoms with E-state index in [2.05, 4.69) is 10.2 Å². The molecule has 0 bridgehead atoms. The Morgan fingerprint density at radius 3 is 3.07 bits per heavy atom. The molecule has 1 aromatic rings. The monoisotopic (exact) mass is 231 g/mol. The summed E-state index contributed by atoms with van der Waals surface area (Å²) in [7, 11) is 1.76. The van der Waals surface area contributed by atoms with Gasteiger partial charge in [-0.15, -0.1) is 0 Å². The lowest BCUT2D eigenvalue weighted by molar-refractivity contribution is 0.175. The first-order valence-corrected chi connectivity index (χ1v) is 6.71. The second-order valence-electron chi connectivity index (χ2n) is 3.19. The van der Waals surface area contributed by atoms with E-state index in [0.29, 0.717) is 5.69 Å². The number of aliphatic hydroxyl groups excluding tert-OH is 1. The summed E-state index contributed by atoms with van der Waals surface area (Å²) in [6, 6.07) is 0. The Kier molecular flexibility index (Phi) is 3.35. The first kappa shape index (κ1) is 10.3. The second-order valence-corrected chi connectivity index (χ2v) is 5.68. The average molecular weight is 231 g/mol. The van der Waals surface area contributed by atoms with Crippen molar-refractivity contribution < 1.29 is 5.11 Å². The van der Waals surface area contributed by atoms with Crippen molar-refractivity contribution in [1.82, 2.24) is 15.0 Å². The molecule has 0 saturated carbocycles. The Bertz CT molecular complexity index is 299. The number of hydrogen-bond donors (Lipinski definition) is 1. The van der Waals surface area contributed by atoms with Crippen LogP contribution in [0, 0.1) is 0 Å². The van der Waals surface area contributed by atoms with Gasteiger partial charge in [-0.25, -0.2) is 0 Å². The standard InChI is InChI=1S/C8H13N3OS2/c1-11-9-4-6(10-11)8(12)7-5-13-2-3-14-7/h4,7-8,12H,2-3,5H2,1H3. The molecule has 6 heteroatoms. The molecule has 14 heavy (non-hydrogen) atoms. The molecule has 1 fully saturated rings. The number of thioether (sulfide) groups is 2. The molecule has 1 aliphatic rings. The molecular weight excluding hydrogens is 218 g/mol. The third kappa shape index (κ3) is 2.24. The molecule has 1 aliphatic heterocycles. The number of rotatable bonds is 2. The van der Waals surface area contributed by atoms with Gasteiger partial charge in [-0.05, 0) is 0 Å². The lowest BCUT2D eigenvalue weighted by Gasteiger charge is -2.24. The highest BCUT2D eigenvalue weighted by Crippen LogP contribution is 2.32. The van der Waals surface area contributed by atoms with Gasteiger partial charge in [0.1, 0.15) is 11.8 Å². The smallest absolute Gasteiger partial charge is 0.112 e. The Labute approximate surface area is 91.5 Å². The molecular formula is C8H13N3OS2. The zero-order valence-electron chi connectivity index (χ0n) is 7.96.